The molecule has 1 amide bonds. The van der Waals surface area contributed by atoms with E-state index in [0.717, 1.165) is 40.7 Å². The van der Waals surface area contributed by atoms with Crippen LogP contribution in [0.15, 0.2) is 59.5 Å². The number of hydrogen-bond acceptors (Lipinski definition) is 4. The summed E-state index contributed by atoms with van der Waals surface area (Å²) in [5.41, 5.74) is 4.71. The molecular weight excluding hydrogens is 390 g/mol. The molecule has 1 fully saturated rings. The molecule has 7 nitrogen and oxygen atoms in total. The molecule has 31 heavy (non-hydrogen) atoms. The van der Waals surface area contributed by atoms with Crippen molar-refractivity contribution in [3.63, 3.8) is 0 Å². The number of aromatic nitrogens is 4. The normalized spacial score (nSPS) is 13.5. The molecule has 1 aliphatic rings. The smallest absolute Gasteiger partial charge is 0.293 e. The van der Waals surface area contributed by atoms with E-state index in [1.807, 2.05) is 56.3 Å². The van der Waals surface area contributed by atoms with Crippen LogP contribution in [0.3, 0.4) is 0 Å². The molecule has 4 aromatic rings. The second-order valence-electron chi connectivity index (χ2n) is 8.15. The summed E-state index contributed by atoms with van der Waals surface area (Å²) in [6, 6.07) is 15.2. The first-order valence-corrected chi connectivity index (χ1v) is 10.4. The number of aryl methyl sites for hydroxylation is 2. The molecule has 0 bridgehead atoms. The van der Waals surface area contributed by atoms with Crippen LogP contribution in [-0.2, 0) is 11.3 Å². The fraction of sp³-hybridized carbons (Fsp3) is 0.250. The predicted molar refractivity (Wildman–Crippen MR) is 120 cm³/mol. The summed E-state index contributed by atoms with van der Waals surface area (Å²) in [6.45, 7) is 3.89. The highest BCUT2D eigenvalue weighted by molar-refractivity contribution is 5.90. The Morgan fingerprint density at radius 2 is 1.90 bits per heavy atom. The average Bonchev–Trinajstić information content (AvgIpc) is 3.49. The van der Waals surface area contributed by atoms with Crippen molar-refractivity contribution >= 4 is 22.5 Å². The Balaban J connectivity index is 1.60. The average molecular weight is 413 g/mol. The van der Waals surface area contributed by atoms with Crippen LogP contribution >= 0.6 is 0 Å². The second kappa shape index (κ2) is 7.50. The Bertz CT molecular complexity index is 1350. The third kappa shape index (κ3) is 3.63. The van der Waals surface area contributed by atoms with Gasteiger partial charge in [-0.05, 0) is 50.5 Å². The lowest BCUT2D eigenvalue weighted by molar-refractivity contribution is -0.117. The molecule has 0 saturated heterocycles. The summed E-state index contributed by atoms with van der Waals surface area (Å²) in [6.07, 6.45) is 3.79. The fourth-order valence-electron chi connectivity index (χ4n) is 3.94. The number of nitrogens with one attached hydrogen (secondary N) is 1. The predicted octanol–water partition coefficient (Wildman–Crippen LogP) is 3.72. The first-order valence-electron chi connectivity index (χ1n) is 10.4. The maximum Gasteiger partial charge on any atom is 0.293 e. The molecule has 1 saturated carbocycles. The minimum absolute atomic E-state index is 0.151. The maximum atomic E-state index is 13.4. The van der Waals surface area contributed by atoms with E-state index in [4.69, 9.17) is 0 Å². The molecule has 0 aliphatic heterocycles. The van der Waals surface area contributed by atoms with Crippen LogP contribution in [-0.4, -0.2) is 25.5 Å². The Morgan fingerprint density at radius 3 is 2.61 bits per heavy atom. The molecule has 2 aromatic heterocycles. The minimum Gasteiger partial charge on any atom is -0.324 e. The van der Waals surface area contributed by atoms with Gasteiger partial charge in [-0.1, -0.05) is 35.9 Å². The van der Waals surface area contributed by atoms with E-state index in [1.54, 1.807) is 10.9 Å². The number of para-hydroxylation sites is 1. The lowest BCUT2D eigenvalue weighted by Gasteiger charge is -2.12. The van der Waals surface area contributed by atoms with Gasteiger partial charge in [-0.25, -0.2) is 9.36 Å². The Morgan fingerprint density at radius 1 is 1.13 bits per heavy atom. The fourth-order valence-corrected chi connectivity index (χ4v) is 3.94. The topological polar surface area (TPSA) is 81.8 Å². The van der Waals surface area contributed by atoms with E-state index in [0.29, 0.717) is 17.1 Å². The maximum absolute atomic E-state index is 13.4. The SMILES string of the molecule is Cc1ccc(-n2ncc3c(C4CC4)nn(CC(=O)Nc4ccccc4)c(=O)c32)c(C)c1. The third-order valence-corrected chi connectivity index (χ3v) is 5.61. The van der Waals surface area contributed by atoms with Crippen molar-refractivity contribution in [2.75, 3.05) is 5.32 Å². The number of carbonyl (C=O) groups excluding carboxylic acids is 1. The van der Waals surface area contributed by atoms with Gasteiger partial charge in [-0.2, -0.15) is 10.2 Å². The van der Waals surface area contributed by atoms with Crippen molar-refractivity contribution in [3.05, 3.63) is 81.9 Å². The van der Waals surface area contributed by atoms with Crippen LogP contribution in [0.5, 0.6) is 0 Å². The summed E-state index contributed by atoms with van der Waals surface area (Å²) in [5.74, 6) is 0.0165. The zero-order chi connectivity index (χ0) is 21.5. The summed E-state index contributed by atoms with van der Waals surface area (Å²) >= 11 is 0. The van der Waals surface area contributed by atoms with Gasteiger partial charge >= 0.3 is 0 Å². The van der Waals surface area contributed by atoms with Gasteiger partial charge in [0.15, 0.2) is 0 Å². The van der Waals surface area contributed by atoms with Crippen molar-refractivity contribution in [2.24, 2.45) is 0 Å². The van der Waals surface area contributed by atoms with E-state index in [1.165, 1.54) is 4.68 Å². The Hall–Kier alpha value is -3.74. The number of hydrogen-bond donors (Lipinski definition) is 1. The third-order valence-electron chi connectivity index (χ3n) is 5.61. The number of fused-ring (bicyclic) bond motifs is 1. The number of amides is 1. The van der Waals surface area contributed by atoms with Gasteiger partial charge in [0.2, 0.25) is 5.91 Å². The van der Waals surface area contributed by atoms with E-state index in [2.05, 4.69) is 21.6 Å². The number of nitrogens with zero attached hydrogens (tertiary/aromatic N) is 4. The van der Waals surface area contributed by atoms with Gasteiger partial charge in [-0.3, -0.25) is 9.59 Å². The molecular formula is C24H23N5O2. The van der Waals surface area contributed by atoms with Crippen LogP contribution in [0.4, 0.5) is 5.69 Å². The minimum atomic E-state index is -0.319. The molecule has 0 unspecified atom stereocenters. The van der Waals surface area contributed by atoms with E-state index >= 15 is 0 Å². The van der Waals surface area contributed by atoms with Crippen LogP contribution in [0.1, 0.15) is 35.6 Å². The molecule has 0 radical (unpaired) electrons. The lowest BCUT2D eigenvalue weighted by atomic mass is 10.1. The number of carbonyl (C=O) groups is 1. The summed E-state index contributed by atoms with van der Waals surface area (Å²) in [4.78, 5) is 26.0. The molecule has 156 valence electrons. The number of rotatable bonds is 5. The van der Waals surface area contributed by atoms with Gasteiger partial charge in [0.1, 0.15) is 12.1 Å². The van der Waals surface area contributed by atoms with Crippen LogP contribution in [0.2, 0.25) is 0 Å². The van der Waals surface area contributed by atoms with Gasteiger partial charge < -0.3 is 5.32 Å². The highest BCUT2D eigenvalue weighted by Crippen LogP contribution is 2.41. The summed E-state index contributed by atoms with van der Waals surface area (Å²) in [5, 5.41) is 12.7. The van der Waals surface area contributed by atoms with Gasteiger partial charge in [0.05, 0.1) is 17.6 Å². The van der Waals surface area contributed by atoms with E-state index < -0.39 is 0 Å². The zero-order valence-electron chi connectivity index (χ0n) is 17.5. The lowest BCUT2D eigenvalue weighted by Crippen LogP contribution is -2.31. The summed E-state index contributed by atoms with van der Waals surface area (Å²) < 4.78 is 2.96. The summed E-state index contributed by atoms with van der Waals surface area (Å²) in [7, 11) is 0. The van der Waals surface area contributed by atoms with Gasteiger partial charge in [-0.15, -0.1) is 0 Å². The van der Waals surface area contributed by atoms with Gasteiger partial charge in [0, 0.05) is 17.0 Å². The largest absolute Gasteiger partial charge is 0.324 e. The molecule has 1 aliphatic carbocycles. The van der Waals surface area contributed by atoms with Crippen molar-refractivity contribution in [1.29, 1.82) is 0 Å². The van der Waals surface area contributed by atoms with Crippen molar-refractivity contribution in [1.82, 2.24) is 19.6 Å². The van der Waals surface area contributed by atoms with Gasteiger partial charge in [0.25, 0.3) is 5.56 Å². The van der Waals surface area contributed by atoms with Crippen molar-refractivity contribution in [3.8, 4) is 5.69 Å². The van der Waals surface area contributed by atoms with E-state index in [9.17, 15) is 9.59 Å². The van der Waals surface area contributed by atoms with Crippen molar-refractivity contribution < 1.29 is 4.79 Å². The highest BCUT2D eigenvalue weighted by atomic mass is 16.2. The van der Waals surface area contributed by atoms with Crippen LogP contribution in [0.25, 0.3) is 16.6 Å². The molecule has 0 spiro atoms. The highest BCUT2D eigenvalue weighted by Gasteiger charge is 2.30. The molecule has 2 aromatic carbocycles. The quantitative estimate of drug-likeness (QED) is 0.541. The van der Waals surface area contributed by atoms with Crippen molar-refractivity contribution in [2.45, 2.75) is 39.2 Å². The Kier molecular flexibility index (Phi) is 4.66. The molecule has 0 atom stereocenters. The van der Waals surface area contributed by atoms with Crippen LogP contribution in [0, 0.1) is 13.8 Å². The molecule has 2 heterocycles. The molecule has 1 N–H and O–H groups in total. The number of benzene rings is 2. The Labute approximate surface area is 179 Å². The standard InChI is InChI=1S/C24H23N5O2/c1-15-8-11-20(16(2)12-15)29-23-19(13-25-29)22(17-9-10-17)27-28(24(23)31)14-21(30)26-18-6-4-3-5-7-18/h3-8,11-13,17H,9-10,14H2,1-2H3,(H,26,30). The van der Waals surface area contributed by atoms with E-state index in [-0.39, 0.29) is 18.0 Å². The second-order valence-corrected chi connectivity index (χ2v) is 8.15. The molecule has 7 heteroatoms. The molecule has 5 rings (SSSR count). The first-order chi connectivity index (χ1) is 15.0. The first kappa shape index (κ1) is 19.2. The van der Waals surface area contributed by atoms with Crippen LogP contribution < -0.4 is 10.9 Å². The number of anilines is 1. The zero-order valence-corrected chi connectivity index (χ0v) is 17.5. The monoisotopic (exact) mass is 413 g/mol.